The number of thioether (sulfide) groups is 1. The fraction of sp³-hybridized carbons (Fsp3) is 0.412. The second-order valence-corrected chi connectivity index (χ2v) is 6.55. The molecule has 1 atom stereocenters. The Bertz CT molecular complexity index is 798. The minimum Gasteiger partial charge on any atom is -0.468 e. The molecule has 0 saturated carbocycles. The number of carbonyl (C=O) groups is 1. The van der Waals surface area contributed by atoms with E-state index in [9.17, 15) is 4.79 Å². The number of hydrogen-bond acceptors (Lipinski definition) is 7. The van der Waals surface area contributed by atoms with Gasteiger partial charge >= 0.3 is 0 Å². The van der Waals surface area contributed by atoms with Gasteiger partial charge in [0.05, 0.1) is 18.1 Å². The lowest BCUT2D eigenvalue weighted by molar-refractivity contribution is -0.118. The highest BCUT2D eigenvalue weighted by Gasteiger charge is 2.21. The van der Waals surface area contributed by atoms with Crippen LogP contribution < -0.4 is 5.32 Å². The molecule has 1 amide bonds. The topological polar surface area (TPSA) is 88.6 Å². The van der Waals surface area contributed by atoms with Crippen molar-refractivity contribution in [1.82, 2.24) is 29.8 Å². The molecule has 1 N–H and O–H groups in total. The van der Waals surface area contributed by atoms with Crippen LogP contribution in [0, 0.1) is 0 Å². The molecule has 0 spiro atoms. The highest BCUT2D eigenvalue weighted by molar-refractivity contribution is 7.99. The number of furan rings is 1. The highest BCUT2D eigenvalue weighted by Crippen LogP contribution is 2.20. The zero-order chi connectivity index (χ0) is 18.4. The molecule has 3 aromatic rings. The van der Waals surface area contributed by atoms with E-state index in [0.29, 0.717) is 17.5 Å². The molecule has 0 bridgehead atoms. The smallest absolute Gasteiger partial charge is 0.253 e. The summed E-state index contributed by atoms with van der Waals surface area (Å²) in [5.41, 5.74) is 0. The first-order valence-corrected chi connectivity index (χ1v) is 9.54. The van der Waals surface area contributed by atoms with Crippen LogP contribution in [-0.4, -0.2) is 55.8 Å². The molecule has 0 fully saturated rings. The molecule has 0 saturated heterocycles. The van der Waals surface area contributed by atoms with Gasteiger partial charge in [-0.2, -0.15) is 4.98 Å². The predicted molar refractivity (Wildman–Crippen MR) is 98.9 cm³/mol. The van der Waals surface area contributed by atoms with E-state index in [4.69, 9.17) is 4.42 Å². The lowest BCUT2D eigenvalue weighted by Crippen LogP contribution is -2.38. The van der Waals surface area contributed by atoms with Gasteiger partial charge in [0.1, 0.15) is 5.76 Å². The number of carbonyl (C=O) groups excluding carboxylic acids is 1. The van der Waals surface area contributed by atoms with Crippen LogP contribution >= 0.6 is 11.8 Å². The van der Waals surface area contributed by atoms with Gasteiger partial charge in [0.2, 0.25) is 11.1 Å². The van der Waals surface area contributed by atoms with Gasteiger partial charge < -0.3 is 9.73 Å². The van der Waals surface area contributed by atoms with Crippen LogP contribution in [0.1, 0.15) is 25.6 Å². The molecule has 0 aliphatic heterocycles. The molecule has 3 aromatic heterocycles. The van der Waals surface area contributed by atoms with Crippen LogP contribution in [0.5, 0.6) is 0 Å². The molecule has 3 heterocycles. The molecule has 0 aliphatic carbocycles. The second-order valence-electron chi connectivity index (χ2n) is 5.60. The first-order chi connectivity index (χ1) is 12.7. The van der Waals surface area contributed by atoms with Crippen molar-refractivity contribution in [3.8, 4) is 0 Å². The van der Waals surface area contributed by atoms with Crippen LogP contribution in [0.15, 0.2) is 46.4 Å². The normalized spacial score (nSPS) is 12.6. The van der Waals surface area contributed by atoms with Gasteiger partial charge in [-0.25, -0.2) is 9.50 Å². The van der Waals surface area contributed by atoms with Gasteiger partial charge in [0.25, 0.3) is 5.78 Å². The van der Waals surface area contributed by atoms with Gasteiger partial charge in [-0.3, -0.25) is 9.69 Å². The van der Waals surface area contributed by atoms with E-state index < -0.39 is 0 Å². The van der Waals surface area contributed by atoms with Crippen LogP contribution in [-0.2, 0) is 4.79 Å². The van der Waals surface area contributed by atoms with E-state index in [2.05, 4.69) is 39.1 Å². The zero-order valence-electron chi connectivity index (χ0n) is 14.8. The van der Waals surface area contributed by atoms with Gasteiger partial charge in [-0.05, 0) is 31.3 Å². The number of hydrogen-bond donors (Lipinski definition) is 1. The Balaban J connectivity index is 1.54. The molecule has 8 nitrogen and oxygen atoms in total. The number of nitrogens with zero attached hydrogens (tertiary/aromatic N) is 5. The van der Waals surface area contributed by atoms with E-state index in [0.717, 1.165) is 18.8 Å². The molecular weight excluding hydrogens is 352 g/mol. The van der Waals surface area contributed by atoms with Crippen LogP contribution in [0.4, 0.5) is 0 Å². The Morgan fingerprint density at radius 1 is 1.38 bits per heavy atom. The Labute approximate surface area is 156 Å². The third kappa shape index (κ3) is 4.41. The Kier molecular flexibility index (Phi) is 6.24. The summed E-state index contributed by atoms with van der Waals surface area (Å²) in [5.74, 6) is 1.56. The van der Waals surface area contributed by atoms with E-state index in [1.807, 2.05) is 12.1 Å². The molecule has 0 aliphatic rings. The number of rotatable bonds is 9. The lowest BCUT2D eigenvalue weighted by Gasteiger charge is -2.28. The average molecular weight is 374 g/mol. The minimum absolute atomic E-state index is 0.0199. The summed E-state index contributed by atoms with van der Waals surface area (Å²) in [4.78, 5) is 22.9. The van der Waals surface area contributed by atoms with Crippen molar-refractivity contribution in [2.45, 2.75) is 25.0 Å². The maximum absolute atomic E-state index is 12.2. The van der Waals surface area contributed by atoms with Crippen molar-refractivity contribution in [3.63, 3.8) is 0 Å². The Hall–Kier alpha value is -2.39. The molecule has 0 radical (unpaired) electrons. The van der Waals surface area contributed by atoms with E-state index in [1.54, 1.807) is 29.2 Å². The fourth-order valence-electron chi connectivity index (χ4n) is 2.72. The standard InChI is InChI=1S/C17H22N6O2S/c1-3-22(4-2)13(14-7-5-10-25-14)11-19-15(24)12-26-17-20-16-18-8-6-9-23(16)21-17/h5-10,13H,3-4,11-12H2,1-2H3,(H,19,24)/t13-/m1/s1. The monoisotopic (exact) mass is 374 g/mol. The average Bonchev–Trinajstić information content (AvgIpc) is 3.32. The van der Waals surface area contributed by atoms with E-state index in [1.165, 1.54) is 11.8 Å². The van der Waals surface area contributed by atoms with Gasteiger partial charge in [-0.1, -0.05) is 25.6 Å². The molecule has 0 unspecified atom stereocenters. The van der Waals surface area contributed by atoms with Gasteiger partial charge in [0.15, 0.2) is 0 Å². The van der Waals surface area contributed by atoms with Crippen molar-refractivity contribution in [1.29, 1.82) is 0 Å². The molecule has 0 aromatic carbocycles. The summed E-state index contributed by atoms with van der Waals surface area (Å²) in [5, 5.41) is 7.80. The number of nitrogens with one attached hydrogen (secondary N) is 1. The Morgan fingerprint density at radius 3 is 2.92 bits per heavy atom. The van der Waals surface area contributed by atoms with Crippen molar-refractivity contribution in [2.24, 2.45) is 0 Å². The summed E-state index contributed by atoms with van der Waals surface area (Å²) in [6, 6.07) is 5.61. The zero-order valence-corrected chi connectivity index (χ0v) is 15.6. The largest absolute Gasteiger partial charge is 0.468 e. The summed E-state index contributed by atoms with van der Waals surface area (Å²) in [6.07, 6.45) is 5.09. The first-order valence-electron chi connectivity index (χ1n) is 8.55. The van der Waals surface area contributed by atoms with Crippen molar-refractivity contribution < 1.29 is 9.21 Å². The molecule has 138 valence electrons. The Morgan fingerprint density at radius 2 is 2.23 bits per heavy atom. The highest BCUT2D eigenvalue weighted by atomic mass is 32.2. The SMILES string of the molecule is CCN(CC)[C@H](CNC(=O)CSc1nc2ncccn2n1)c1ccco1. The van der Waals surface area contributed by atoms with E-state index in [-0.39, 0.29) is 17.7 Å². The van der Waals surface area contributed by atoms with Gasteiger partial charge in [0, 0.05) is 18.9 Å². The van der Waals surface area contributed by atoms with Gasteiger partial charge in [-0.15, -0.1) is 5.10 Å². The number of likely N-dealkylation sites (N-methyl/N-ethyl adjacent to an activating group) is 1. The molecule has 9 heteroatoms. The predicted octanol–water partition coefficient (Wildman–Crippen LogP) is 2.01. The molecule has 26 heavy (non-hydrogen) atoms. The van der Waals surface area contributed by atoms with Crippen LogP contribution in [0.25, 0.3) is 5.78 Å². The van der Waals surface area contributed by atoms with E-state index >= 15 is 0 Å². The summed E-state index contributed by atoms with van der Waals surface area (Å²) >= 11 is 1.29. The second kappa shape index (κ2) is 8.81. The lowest BCUT2D eigenvalue weighted by atomic mass is 10.2. The quantitative estimate of drug-likeness (QED) is 0.573. The minimum atomic E-state index is -0.0643. The summed E-state index contributed by atoms with van der Waals surface area (Å²) in [7, 11) is 0. The maximum Gasteiger partial charge on any atom is 0.253 e. The third-order valence-corrected chi connectivity index (χ3v) is 4.88. The number of aromatic nitrogens is 4. The first kappa shape index (κ1) is 18.4. The molecule has 3 rings (SSSR count). The molecular formula is C17H22N6O2S. The van der Waals surface area contributed by atoms with Crippen LogP contribution in [0.3, 0.4) is 0 Å². The third-order valence-electron chi connectivity index (χ3n) is 4.05. The van der Waals surface area contributed by atoms with Crippen LogP contribution in [0.2, 0.25) is 0 Å². The van der Waals surface area contributed by atoms with Crippen molar-refractivity contribution in [2.75, 3.05) is 25.4 Å². The maximum atomic E-state index is 12.2. The summed E-state index contributed by atoms with van der Waals surface area (Å²) < 4.78 is 7.14. The van der Waals surface area contributed by atoms with Crippen molar-refractivity contribution in [3.05, 3.63) is 42.6 Å². The van der Waals surface area contributed by atoms with Crippen molar-refractivity contribution >= 4 is 23.4 Å². The number of amides is 1. The fourth-order valence-corrected chi connectivity index (χ4v) is 3.38. The number of fused-ring (bicyclic) bond motifs is 1. The summed E-state index contributed by atoms with van der Waals surface area (Å²) in [6.45, 7) is 6.45.